The highest BCUT2D eigenvalue weighted by atomic mass is 35.5. The van der Waals surface area contributed by atoms with Crippen LogP contribution in [0, 0.1) is 40.4 Å². The second-order valence-corrected chi connectivity index (χ2v) is 18.1. The maximum Gasteiger partial charge on any atom is 0.346 e. The molecule has 1 amide bonds. The van der Waals surface area contributed by atoms with Crippen LogP contribution in [0.4, 0.5) is 0 Å². The first-order chi connectivity index (χ1) is 27.5. The molecule has 13 heteroatoms. The van der Waals surface area contributed by atoms with Crippen molar-refractivity contribution in [1.82, 2.24) is 10.3 Å². The number of halogens is 1. The summed E-state index contributed by atoms with van der Waals surface area (Å²) in [6.07, 6.45) is 14.1. The number of aromatic nitrogens is 1. The average molecular weight is 821 g/mol. The van der Waals surface area contributed by atoms with Gasteiger partial charge < -0.3 is 39.8 Å². The number of carbonyl (C=O) groups is 4. The van der Waals surface area contributed by atoms with E-state index in [1.807, 2.05) is 26.8 Å². The van der Waals surface area contributed by atoms with Crippen LogP contribution in [0.15, 0.2) is 71.2 Å². The van der Waals surface area contributed by atoms with Crippen molar-refractivity contribution in [1.29, 1.82) is 0 Å². The molecule has 2 aliphatic heterocycles. The molecule has 1 aromatic rings. The number of hydrogen-bond acceptors (Lipinski definition) is 9. The van der Waals surface area contributed by atoms with Crippen LogP contribution < -0.4 is 5.32 Å². The number of nitrogens with one attached hydrogen (secondary N) is 2. The zero-order valence-corrected chi connectivity index (χ0v) is 34.9. The van der Waals surface area contributed by atoms with Gasteiger partial charge in [-0.05, 0) is 89.0 Å². The van der Waals surface area contributed by atoms with Gasteiger partial charge >= 0.3 is 11.9 Å². The number of fused-ring (bicyclic) bond motifs is 4. The first-order valence-corrected chi connectivity index (χ1v) is 21.2. The lowest BCUT2D eigenvalue weighted by molar-refractivity contribution is -0.258. The Labute approximate surface area is 344 Å². The number of carboxylic acids is 1. The molecule has 13 atom stereocenters. The van der Waals surface area contributed by atoms with Crippen LogP contribution >= 0.6 is 11.6 Å². The minimum absolute atomic E-state index is 0.0169. The van der Waals surface area contributed by atoms with Gasteiger partial charge in [-0.3, -0.25) is 9.59 Å². The summed E-state index contributed by atoms with van der Waals surface area (Å²) in [5.74, 6) is -4.56. The average Bonchev–Trinajstić information content (AvgIpc) is 3.72. The van der Waals surface area contributed by atoms with Crippen molar-refractivity contribution in [3.05, 3.63) is 81.9 Å². The normalized spacial score (nSPS) is 41.6. The van der Waals surface area contributed by atoms with Gasteiger partial charge in [0.2, 0.25) is 5.78 Å². The molecular formula is C45H57ClN2O10. The number of aromatic amines is 1. The zero-order chi connectivity index (χ0) is 41.9. The summed E-state index contributed by atoms with van der Waals surface area (Å²) >= 11 is 6.15. The Balaban J connectivity index is 1.24. The summed E-state index contributed by atoms with van der Waals surface area (Å²) in [4.78, 5) is 57.7. The number of Topliss-reactive ketones (excluding diaryl/α,β-unsaturated/α-hetero) is 1. The first-order valence-electron chi connectivity index (χ1n) is 20.8. The van der Waals surface area contributed by atoms with Gasteiger partial charge in [0.05, 0.1) is 34.8 Å². The van der Waals surface area contributed by atoms with Crippen molar-refractivity contribution in [3.8, 4) is 0 Å². The van der Waals surface area contributed by atoms with Crippen molar-refractivity contribution < 1.29 is 48.7 Å². The summed E-state index contributed by atoms with van der Waals surface area (Å²) in [7, 11) is 0. The molecule has 7 rings (SSSR count). The molecule has 0 radical (unpaired) electrons. The van der Waals surface area contributed by atoms with Gasteiger partial charge in [0.1, 0.15) is 17.0 Å². The SMILES string of the molecule is CC[C@H]1C[C@]23OC(=O)C(=C(O)C4(CC)[C@@H]5CC[C@H](C)[C@H](O[C@@H]6C[C@@H](O)[C@H](NC(=O)c7[nH]ccc7Cl)[C@@H](C)O6)[C@@H]5C=C[C@H]4C/C=C/C/C(C)=C/[C@@]2(C)C=C1C(=O)O)C3=O. The number of aliphatic carboxylic acids is 1. The van der Waals surface area contributed by atoms with Gasteiger partial charge in [0.15, 0.2) is 11.9 Å². The summed E-state index contributed by atoms with van der Waals surface area (Å²) in [6, 6.07) is 0.863. The number of amides is 1. The Morgan fingerprint density at radius 2 is 1.88 bits per heavy atom. The molecule has 2 saturated heterocycles. The Morgan fingerprint density at radius 3 is 2.53 bits per heavy atom. The van der Waals surface area contributed by atoms with Gasteiger partial charge in [-0.15, -0.1) is 0 Å². The fourth-order valence-corrected chi connectivity index (χ4v) is 11.5. The largest absolute Gasteiger partial charge is 0.511 e. The van der Waals surface area contributed by atoms with Crippen LogP contribution in [0.2, 0.25) is 5.02 Å². The van der Waals surface area contributed by atoms with Gasteiger partial charge in [-0.25, -0.2) is 9.59 Å². The van der Waals surface area contributed by atoms with E-state index in [0.29, 0.717) is 32.1 Å². The molecule has 1 spiro atoms. The third kappa shape index (κ3) is 6.81. The minimum atomic E-state index is -1.74. The Bertz CT molecular complexity index is 1990. The van der Waals surface area contributed by atoms with Crippen molar-refractivity contribution in [2.45, 2.75) is 129 Å². The molecule has 0 aromatic carbocycles. The highest BCUT2D eigenvalue weighted by Crippen LogP contribution is 2.61. The Hall–Kier alpha value is -3.97. The van der Waals surface area contributed by atoms with Crippen LogP contribution in [-0.4, -0.2) is 80.2 Å². The van der Waals surface area contributed by atoms with Gasteiger partial charge in [0, 0.05) is 35.9 Å². The molecule has 6 aliphatic rings. The van der Waals surface area contributed by atoms with Crippen molar-refractivity contribution in [3.63, 3.8) is 0 Å². The maximum absolute atomic E-state index is 15.1. The van der Waals surface area contributed by atoms with Crippen molar-refractivity contribution >= 4 is 35.2 Å². The fraction of sp³-hybridized carbons (Fsp3) is 0.600. The molecule has 5 N–H and O–H groups in total. The predicted octanol–water partition coefficient (Wildman–Crippen LogP) is 7.31. The molecule has 1 aromatic heterocycles. The number of ketones is 1. The molecule has 3 heterocycles. The van der Waals surface area contributed by atoms with E-state index in [9.17, 15) is 29.7 Å². The number of hydrogen-bond donors (Lipinski definition) is 5. The molecule has 3 fully saturated rings. The van der Waals surface area contributed by atoms with E-state index in [0.717, 1.165) is 12.0 Å². The van der Waals surface area contributed by atoms with E-state index in [2.05, 4.69) is 41.5 Å². The maximum atomic E-state index is 15.1. The van der Waals surface area contributed by atoms with E-state index < -0.39 is 76.6 Å². The number of esters is 1. The summed E-state index contributed by atoms with van der Waals surface area (Å²) in [5.41, 5.74) is -3.16. The summed E-state index contributed by atoms with van der Waals surface area (Å²) in [5, 5.41) is 37.5. The number of allylic oxidation sites excluding steroid dienone is 5. The molecule has 4 aliphatic carbocycles. The number of ether oxygens (including phenoxy) is 3. The smallest absolute Gasteiger partial charge is 0.346 e. The molecule has 2 bridgehead atoms. The monoisotopic (exact) mass is 820 g/mol. The highest BCUT2D eigenvalue weighted by Gasteiger charge is 2.67. The topological polar surface area (TPSA) is 184 Å². The third-order valence-electron chi connectivity index (χ3n) is 14.4. The van der Waals surface area contributed by atoms with Crippen LogP contribution in [0.5, 0.6) is 0 Å². The van der Waals surface area contributed by atoms with Crippen LogP contribution in [0.3, 0.4) is 0 Å². The van der Waals surface area contributed by atoms with Crippen molar-refractivity contribution in [2.75, 3.05) is 0 Å². The molecule has 1 unspecified atom stereocenters. The van der Waals surface area contributed by atoms with Gasteiger partial charge in [0.25, 0.3) is 5.91 Å². The lowest BCUT2D eigenvalue weighted by Gasteiger charge is -2.55. The lowest BCUT2D eigenvalue weighted by atomic mass is 9.51. The Morgan fingerprint density at radius 1 is 1.12 bits per heavy atom. The van der Waals surface area contributed by atoms with E-state index in [1.165, 1.54) is 0 Å². The number of carboxylic acid groups (broad SMARTS) is 1. The molecule has 1 saturated carbocycles. The van der Waals surface area contributed by atoms with Crippen molar-refractivity contribution in [2.24, 2.45) is 40.4 Å². The first kappa shape index (κ1) is 42.2. The predicted molar refractivity (Wildman–Crippen MR) is 215 cm³/mol. The second kappa shape index (κ2) is 15.9. The Kier molecular flexibility index (Phi) is 11.6. The molecule has 58 heavy (non-hydrogen) atoms. The van der Waals surface area contributed by atoms with E-state index in [1.54, 1.807) is 32.2 Å². The van der Waals surface area contributed by atoms with E-state index in [4.69, 9.17) is 25.8 Å². The van der Waals surface area contributed by atoms with Gasteiger partial charge in [-0.1, -0.05) is 74.4 Å². The van der Waals surface area contributed by atoms with Gasteiger partial charge in [-0.2, -0.15) is 0 Å². The number of aliphatic hydroxyl groups is 2. The number of H-pyrrole nitrogens is 1. The number of carbonyl (C=O) groups excluding carboxylic acids is 3. The number of aliphatic hydroxyl groups excluding tert-OH is 2. The van der Waals surface area contributed by atoms with Crippen LogP contribution in [0.1, 0.15) is 103 Å². The number of rotatable bonds is 7. The van der Waals surface area contributed by atoms with Crippen LogP contribution in [-0.2, 0) is 28.6 Å². The molecule has 12 nitrogen and oxygen atoms in total. The van der Waals surface area contributed by atoms with E-state index in [-0.39, 0.29) is 64.1 Å². The third-order valence-corrected chi connectivity index (χ3v) is 14.7. The lowest BCUT2D eigenvalue weighted by Crippen LogP contribution is -2.58. The summed E-state index contributed by atoms with van der Waals surface area (Å²) in [6.45, 7) is 11.4. The molecule has 314 valence electrons. The van der Waals surface area contributed by atoms with E-state index >= 15 is 4.79 Å². The molecular weight excluding hydrogens is 764 g/mol. The minimum Gasteiger partial charge on any atom is -0.511 e. The zero-order valence-electron chi connectivity index (χ0n) is 34.1. The van der Waals surface area contributed by atoms with Crippen LogP contribution in [0.25, 0.3) is 0 Å². The summed E-state index contributed by atoms with van der Waals surface area (Å²) < 4.78 is 19.4. The highest BCUT2D eigenvalue weighted by molar-refractivity contribution is 6.33. The quantitative estimate of drug-likeness (QED) is 0.106. The second-order valence-electron chi connectivity index (χ2n) is 17.7. The fourth-order valence-electron chi connectivity index (χ4n) is 11.3. The standard InChI is InChI=1S/C45H57ClN2O10/c1-7-26-21-45-39(51)34(42(55)58-45)38(50)44(8-2)27(12-10-9-11-23(3)20-43(45,6)22-29(26)41(53)54)14-15-28-30(44)16-13-24(4)37(28)57-33-19-32(49)35(25(5)56-33)48-40(52)36-31(46)17-18-47-36/h9-10,14-15,17-18,20,22,24-28,30,32-33,35,37,47,49-50H,7-8,11-13,16,19,21H2,1-6H3,(H,48,52)(H,53,54)/b10-9+,23-20+,38-34?/t24-,25+,26-,27+,28+,30+,32+,33+,35+,37-,43-,44?,45+/m0/s1.